The van der Waals surface area contributed by atoms with Crippen LogP contribution in [0.4, 0.5) is 0 Å². The van der Waals surface area contributed by atoms with Gasteiger partial charge in [0.25, 0.3) is 0 Å². The average Bonchev–Trinajstić information content (AvgIpc) is 2.61. The van der Waals surface area contributed by atoms with E-state index in [1.165, 1.54) is 12.3 Å². The van der Waals surface area contributed by atoms with Gasteiger partial charge in [-0.2, -0.15) is 0 Å². The molecule has 23 heavy (non-hydrogen) atoms. The molecule has 0 amide bonds. The lowest BCUT2D eigenvalue weighted by Crippen LogP contribution is -1.99. The largest absolute Gasteiger partial charge is 0.477 e. The number of hydrogen-bond donors (Lipinski definition) is 1. The summed E-state index contributed by atoms with van der Waals surface area (Å²) in [7, 11) is 0. The van der Waals surface area contributed by atoms with E-state index in [9.17, 15) is 4.79 Å². The Balaban J connectivity index is 1.82. The van der Waals surface area contributed by atoms with Gasteiger partial charge in [0.1, 0.15) is 5.69 Å². The van der Waals surface area contributed by atoms with Gasteiger partial charge in [-0.05, 0) is 41.5 Å². The Morgan fingerprint density at radius 3 is 2.39 bits per heavy atom. The van der Waals surface area contributed by atoms with E-state index in [1.54, 1.807) is 12.3 Å². The van der Waals surface area contributed by atoms with E-state index in [1.807, 2.05) is 42.6 Å². The van der Waals surface area contributed by atoms with Crippen molar-refractivity contribution in [3.8, 4) is 23.0 Å². The van der Waals surface area contributed by atoms with Crippen LogP contribution >= 0.6 is 0 Å². The summed E-state index contributed by atoms with van der Waals surface area (Å²) in [4.78, 5) is 18.7. The molecule has 2 heterocycles. The number of carboxylic acids is 1. The first-order valence-corrected chi connectivity index (χ1v) is 6.94. The minimum atomic E-state index is -1.06. The Labute approximate surface area is 133 Å². The topological polar surface area (TPSA) is 63.1 Å². The molecule has 1 N–H and O–H groups in total. The summed E-state index contributed by atoms with van der Waals surface area (Å²) in [5.41, 5.74) is 3.58. The number of hydrogen-bond acceptors (Lipinski definition) is 3. The maximum Gasteiger partial charge on any atom is 0.354 e. The molecule has 3 rings (SSSR count). The third-order valence-electron chi connectivity index (χ3n) is 3.21. The molecule has 3 aromatic rings. The van der Waals surface area contributed by atoms with Crippen LogP contribution in [0.25, 0.3) is 11.1 Å². The minimum absolute atomic E-state index is 0.0104. The van der Waals surface area contributed by atoms with Crippen molar-refractivity contribution in [3.05, 3.63) is 83.9 Å². The van der Waals surface area contributed by atoms with Crippen LogP contribution in [-0.4, -0.2) is 21.0 Å². The molecule has 0 fully saturated rings. The predicted octanol–water partition coefficient (Wildman–Crippen LogP) is 3.24. The smallest absolute Gasteiger partial charge is 0.354 e. The van der Waals surface area contributed by atoms with Crippen LogP contribution in [0.15, 0.2) is 67.1 Å². The fourth-order valence-electron chi connectivity index (χ4n) is 2.05. The number of aromatic nitrogens is 2. The highest BCUT2D eigenvalue weighted by Crippen LogP contribution is 2.18. The van der Waals surface area contributed by atoms with Crippen LogP contribution < -0.4 is 0 Å². The van der Waals surface area contributed by atoms with Crippen LogP contribution in [0.2, 0.25) is 0 Å². The quantitative estimate of drug-likeness (QED) is 0.738. The van der Waals surface area contributed by atoms with Crippen molar-refractivity contribution in [2.75, 3.05) is 0 Å². The van der Waals surface area contributed by atoms with E-state index >= 15 is 0 Å². The predicted molar refractivity (Wildman–Crippen MR) is 86.8 cm³/mol. The standard InChI is InChI=1S/C19H12N2O2/c22-19(23)18-12-15(9-11-21-18)4-3-14-5-7-16(8-6-14)17-2-1-10-20-13-17/h1-2,5-13H,(H,22,23). The van der Waals surface area contributed by atoms with Gasteiger partial charge in [0.15, 0.2) is 0 Å². The number of pyridine rings is 2. The zero-order valence-electron chi connectivity index (χ0n) is 12.1. The molecule has 110 valence electrons. The molecule has 4 nitrogen and oxygen atoms in total. The van der Waals surface area contributed by atoms with E-state index in [0.717, 1.165) is 16.7 Å². The molecule has 1 aromatic carbocycles. The molecule has 0 aliphatic rings. The van der Waals surface area contributed by atoms with Crippen molar-refractivity contribution in [1.82, 2.24) is 9.97 Å². The second-order valence-corrected chi connectivity index (χ2v) is 4.80. The summed E-state index contributed by atoms with van der Waals surface area (Å²) < 4.78 is 0. The molecular formula is C19H12N2O2. The molecule has 0 bridgehead atoms. The van der Waals surface area contributed by atoms with Crippen molar-refractivity contribution in [2.24, 2.45) is 0 Å². The second kappa shape index (κ2) is 6.54. The molecule has 0 atom stereocenters. The Morgan fingerprint density at radius 2 is 1.70 bits per heavy atom. The number of aromatic carboxylic acids is 1. The van der Waals surface area contributed by atoms with Gasteiger partial charge in [0.2, 0.25) is 0 Å². The summed E-state index contributed by atoms with van der Waals surface area (Å²) >= 11 is 0. The van der Waals surface area contributed by atoms with E-state index in [2.05, 4.69) is 21.8 Å². The monoisotopic (exact) mass is 300 g/mol. The van der Waals surface area contributed by atoms with E-state index in [-0.39, 0.29) is 5.69 Å². The molecule has 0 unspecified atom stereocenters. The average molecular weight is 300 g/mol. The molecule has 0 saturated heterocycles. The third-order valence-corrected chi connectivity index (χ3v) is 3.21. The summed E-state index contributed by atoms with van der Waals surface area (Å²) in [6.07, 6.45) is 4.99. The molecule has 4 heteroatoms. The first kappa shape index (κ1) is 14.5. The van der Waals surface area contributed by atoms with Crippen LogP contribution in [0.1, 0.15) is 21.6 Å². The first-order valence-electron chi connectivity index (χ1n) is 6.94. The number of carboxylic acid groups (broad SMARTS) is 1. The zero-order chi connectivity index (χ0) is 16.1. The van der Waals surface area contributed by atoms with Crippen molar-refractivity contribution < 1.29 is 9.90 Å². The number of carbonyl (C=O) groups is 1. The summed E-state index contributed by atoms with van der Waals surface area (Å²) in [6.45, 7) is 0. The highest BCUT2D eigenvalue weighted by molar-refractivity contribution is 5.85. The summed E-state index contributed by atoms with van der Waals surface area (Å²) in [5.74, 6) is 4.91. The molecule has 0 spiro atoms. The Morgan fingerprint density at radius 1 is 0.913 bits per heavy atom. The number of nitrogens with zero attached hydrogens (tertiary/aromatic N) is 2. The Hall–Kier alpha value is -3.45. The Kier molecular flexibility index (Phi) is 4.12. The third kappa shape index (κ3) is 3.60. The maximum absolute atomic E-state index is 10.9. The summed E-state index contributed by atoms with van der Waals surface area (Å²) in [5, 5.41) is 8.92. The zero-order valence-corrected chi connectivity index (χ0v) is 12.1. The second-order valence-electron chi connectivity index (χ2n) is 4.80. The van der Waals surface area contributed by atoms with Crippen LogP contribution in [0, 0.1) is 11.8 Å². The lowest BCUT2D eigenvalue weighted by atomic mass is 10.1. The number of rotatable bonds is 2. The molecule has 0 aliphatic carbocycles. The lowest BCUT2D eigenvalue weighted by molar-refractivity contribution is 0.0690. The molecule has 0 saturated carbocycles. The van der Waals surface area contributed by atoms with E-state index < -0.39 is 5.97 Å². The minimum Gasteiger partial charge on any atom is -0.477 e. The van der Waals surface area contributed by atoms with Crippen LogP contribution in [0.3, 0.4) is 0 Å². The summed E-state index contributed by atoms with van der Waals surface area (Å²) in [6, 6.07) is 14.9. The highest BCUT2D eigenvalue weighted by Gasteiger charge is 2.03. The van der Waals surface area contributed by atoms with Gasteiger partial charge >= 0.3 is 5.97 Å². The van der Waals surface area contributed by atoms with Gasteiger partial charge in [0.05, 0.1) is 0 Å². The van der Waals surface area contributed by atoms with Gasteiger partial charge in [0, 0.05) is 29.7 Å². The number of benzene rings is 1. The lowest BCUT2D eigenvalue weighted by Gasteiger charge is -2.00. The molecule has 0 aliphatic heterocycles. The fourth-order valence-corrected chi connectivity index (χ4v) is 2.05. The van der Waals surface area contributed by atoms with Crippen LogP contribution in [0.5, 0.6) is 0 Å². The van der Waals surface area contributed by atoms with Crippen molar-refractivity contribution in [2.45, 2.75) is 0 Å². The molecule has 0 radical (unpaired) electrons. The van der Waals surface area contributed by atoms with Gasteiger partial charge < -0.3 is 5.11 Å². The van der Waals surface area contributed by atoms with Gasteiger partial charge in [-0.15, -0.1) is 0 Å². The fraction of sp³-hybridized carbons (Fsp3) is 0. The van der Waals surface area contributed by atoms with Crippen LogP contribution in [-0.2, 0) is 0 Å². The van der Waals surface area contributed by atoms with E-state index in [0.29, 0.717) is 5.56 Å². The highest BCUT2D eigenvalue weighted by atomic mass is 16.4. The maximum atomic E-state index is 10.9. The van der Waals surface area contributed by atoms with Crippen molar-refractivity contribution in [1.29, 1.82) is 0 Å². The molecular weight excluding hydrogens is 288 g/mol. The SMILES string of the molecule is O=C(O)c1cc(C#Cc2ccc(-c3cccnc3)cc2)ccn1. The van der Waals surface area contributed by atoms with Gasteiger partial charge in [-0.3, -0.25) is 4.98 Å². The van der Waals surface area contributed by atoms with E-state index in [4.69, 9.17) is 5.11 Å². The Bertz CT molecular complexity index is 892. The van der Waals surface area contributed by atoms with Gasteiger partial charge in [-0.25, -0.2) is 9.78 Å². The van der Waals surface area contributed by atoms with Gasteiger partial charge in [-0.1, -0.05) is 30.0 Å². The first-order chi connectivity index (χ1) is 11.2. The van der Waals surface area contributed by atoms with Crippen molar-refractivity contribution >= 4 is 5.97 Å². The molecule has 2 aromatic heterocycles. The van der Waals surface area contributed by atoms with Crippen molar-refractivity contribution in [3.63, 3.8) is 0 Å². The normalized spacial score (nSPS) is 9.74.